The molecule has 0 radical (unpaired) electrons. The van der Waals surface area contributed by atoms with Gasteiger partial charge >= 0.3 is 19.8 Å². The highest BCUT2D eigenvalue weighted by Crippen LogP contribution is 2.43. The van der Waals surface area contributed by atoms with Crippen LogP contribution in [-0.4, -0.2) is 74.9 Å². The standard InChI is InChI=1S/C30H54NO8P/c1-6-7-8-9-10-11-12-13-14-15-16-17-18-19-20-21-22-23-30(33)39-29(26-36-28(2)32)27-38-40(34,35)37-25-24-31(3,4)5/h7-8,10-11,13-14,29H,6,9,12,15-27H2,1-5H3/p+1/b8-7-,11-10-,14-13-. The number of esters is 2. The first-order chi connectivity index (χ1) is 18.9. The molecular weight excluding hydrogens is 533 g/mol. The minimum absolute atomic E-state index is 0.0260. The van der Waals surface area contributed by atoms with Gasteiger partial charge in [0.05, 0.1) is 27.7 Å². The highest BCUT2D eigenvalue weighted by Gasteiger charge is 2.26. The largest absolute Gasteiger partial charge is 0.472 e. The average Bonchev–Trinajstić information content (AvgIpc) is 2.86. The van der Waals surface area contributed by atoms with Crippen molar-refractivity contribution in [2.75, 3.05) is 47.5 Å². The Morgan fingerprint density at radius 1 is 0.825 bits per heavy atom. The number of quaternary nitrogens is 1. The summed E-state index contributed by atoms with van der Waals surface area (Å²) in [6.07, 6.45) is 24.1. The fourth-order valence-corrected chi connectivity index (χ4v) is 4.20. The lowest BCUT2D eigenvalue weighted by molar-refractivity contribution is -0.870. The first-order valence-electron chi connectivity index (χ1n) is 14.7. The van der Waals surface area contributed by atoms with E-state index in [1.807, 2.05) is 21.1 Å². The minimum atomic E-state index is -4.33. The Balaban J connectivity index is 4.04. The zero-order chi connectivity index (χ0) is 30.1. The molecule has 0 spiro atoms. The van der Waals surface area contributed by atoms with Gasteiger partial charge in [-0.15, -0.1) is 0 Å². The molecule has 0 aliphatic carbocycles. The van der Waals surface area contributed by atoms with Crippen LogP contribution >= 0.6 is 7.82 Å². The smallest absolute Gasteiger partial charge is 0.462 e. The van der Waals surface area contributed by atoms with Crippen LogP contribution in [0.4, 0.5) is 0 Å². The number of unbranched alkanes of at least 4 members (excludes halogenated alkanes) is 7. The molecule has 9 nitrogen and oxygen atoms in total. The van der Waals surface area contributed by atoms with Crippen molar-refractivity contribution in [2.24, 2.45) is 0 Å². The van der Waals surface area contributed by atoms with Crippen LogP contribution in [-0.2, 0) is 32.7 Å². The van der Waals surface area contributed by atoms with Gasteiger partial charge in [0.2, 0.25) is 0 Å². The Hall–Kier alpha value is -1.77. The molecule has 0 aromatic heterocycles. The number of nitrogens with zero attached hydrogens (tertiary/aromatic N) is 1. The van der Waals surface area contributed by atoms with Crippen LogP contribution in [0.5, 0.6) is 0 Å². The van der Waals surface area contributed by atoms with Crippen LogP contribution in [0.15, 0.2) is 36.5 Å². The number of likely N-dealkylation sites (N-methyl/N-ethyl adjacent to an activating group) is 1. The average molecular weight is 589 g/mol. The van der Waals surface area contributed by atoms with Crippen molar-refractivity contribution in [3.8, 4) is 0 Å². The van der Waals surface area contributed by atoms with Crippen molar-refractivity contribution >= 4 is 19.8 Å². The van der Waals surface area contributed by atoms with E-state index in [4.69, 9.17) is 18.5 Å². The van der Waals surface area contributed by atoms with E-state index in [0.29, 0.717) is 17.4 Å². The maximum absolute atomic E-state index is 12.3. The predicted molar refractivity (Wildman–Crippen MR) is 160 cm³/mol. The van der Waals surface area contributed by atoms with Crippen LogP contribution in [0.2, 0.25) is 0 Å². The number of phosphoric ester groups is 1. The lowest BCUT2D eigenvalue weighted by Gasteiger charge is -2.24. The Labute approximate surface area is 242 Å². The number of hydrogen-bond acceptors (Lipinski definition) is 7. The summed E-state index contributed by atoms with van der Waals surface area (Å²) in [5.41, 5.74) is 0. The SMILES string of the molecule is CC/C=C\C/C=C\C/C=C\CCCCCCCCCC(=O)OC(COC(C)=O)COP(=O)(O)OCC[N+](C)(C)C. The van der Waals surface area contributed by atoms with E-state index in [1.165, 1.54) is 26.2 Å². The van der Waals surface area contributed by atoms with Crippen LogP contribution in [0.25, 0.3) is 0 Å². The van der Waals surface area contributed by atoms with Gasteiger partial charge in [-0.1, -0.05) is 75.5 Å². The Morgan fingerprint density at radius 2 is 1.40 bits per heavy atom. The second kappa shape index (κ2) is 23.9. The first-order valence-corrected chi connectivity index (χ1v) is 16.1. The maximum atomic E-state index is 12.3. The molecule has 0 bridgehead atoms. The molecule has 1 N–H and O–H groups in total. The number of ether oxygens (including phenoxy) is 2. The van der Waals surface area contributed by atoms with Gasteiger partial charge in [0.15, 0.2) is 6.10 Å². The lowest BCUT2D eigenvalue weighted by atomic mass is 10.1. The number of carbonyl (C=O) groups is 2. The number of rotatable bonds is 25. The summed E-state index contributed by atoms with van der Waals surface area (Å²) < 4.78 is 32.9. The van der Waals surface area contributed by atoms with E-state index in [1.54, 1.807) is 0 Å². The Morgan fingerprint density at radius 3 is 2.00 bits per heavy atom. The summed E-state index contributed by atoms with van der Waals surface area (Å²) in [7, 11) is 1.45. The number of carbonyl (C=O) groups excluding carboxylic acids is 2. The summed E-state index contributed by atoms with van der Waals surface area (Å²) in [5.74, 6) is -1.01. The molecule has 232 valence electrons. The molecule has 0 aliphatic heterocycles. The normalized spacial score (nSPS) is 14.7. The van der Waals surface area contributed by atoms with E-state index < -0.39 is 32.5 Å². The number of phosphoric acid groups is 1. The van der Waals surface area contributed by atoms with Crippen molar-refractivity contribution in [3.63, 3.8) is 0 Å². The van der Waals surface area contributed by atoms with Crippen molar-refractivity contribution in [3.05, 3.63) is 36.5 Å². The van der Waals surface area contributed by atoms with Crippen LogP contribution in [0.1, 0.15) is 90.9 Å². The molecule has 40 heavy (non-hydrogen) atoms. The van der Waals surface area contributed by atoms with Gasteiger partial charge < -0.3 is 18.9 Å². The summed E-state index contributed by atoms with van der Waals surface area (Å²) in [4.78, 5) is 33.3. The van der Waals surface area contributed by atoms with Gasteiger partial charge in [-0.05, 0) is 38.5 Å². The highest BCUT2D eigenvalue weighted by molar-refractivity contribution is 7.47. The molecular formula is C30H55NO8P+. The third-order valence-corrected chi connectivity index (χ3v) is 6.73. The van der Waals surface area contributed by atoms with E-state index in [9.17, 15) is 19.0 Å². The van der Waals surface area contributed by atoms with E-state index >= 15 is 0 Å². The summed E-state index contributed by atoms with van der Waals surface area (Å²) in [6, 6.07) is 0. The van der Waals surface area contributed by atoms with Gasteiger partial charge in [0, 0.05) is 13.3 Å². The third kappa shape index (κ3) is 27.8. The molecule has 0 heterocycles. The zero-order valence-electron chi connectivity index (χ0n) is 25.6. The van der Waals surface area contributed by atoms with Gasteiger partial charge in [0.1, 0.15) is 19.8 Å². The summed E-state index contributed by atoms with van der Waals surface area (Å²) in [5, 5.41) is 0. The number of allylic oxidation sites excluding steroid dienone is 6. The van der Waals surface area contributed by atoms with Crippen LogP contribution in [0.3, 0.4) is 0 Å². The fraction of sp³-hybridized carbons (Fsp3) is 0.733. The first kappa shape index (κ1) is 38.2. The van der Waals surface area contributed by atoms with Crippen LogP contribution in [0, 0.1) is 0 Å². The Bertz CT molecular complexity index is 804. The second-order valence-corrected chi connectivity index (χ2v) is 12.3. The van der Waals surface area contributed by atoms with Crippen molar-refractivity contribution in [1.29, 1.82) is 0 Å². The molecule has 2 unspecified atom stereocenters. The summed E-state index contributed by atoms with van der Waals surface area (Å²) >= 11 is 0. The highest BCUT2D eigenvalue weighted by atomic mass is 31.2. The van der Waals surface area contributed by atoms with Crippen LogP contribution < -0.4 is 0 Å². The molecule has 0 aliphatic rings. The molecule has 0 amide bonds. The summed E-state index contributed by atoms with van der Waals surface area (Å²) in [6.45, 7) is 3.23. The van der Waals surface area contributed by atoms with E-state index in [0.717, 1.165) is 44.9 Å². The lowest BCUT2D eigenvalue weighted by Crippen LogP contribution is -2.37. The molecule has 0 rings (SSSR count). The topological polar surface area (TPSA) is 108 Å². The Kier molecular flexibility index (Phi) is 22.8. The minimum Gasteiger partial charge on any atom is -0.462 e. The van der Waals surface area contributed by atoms with Gasteiger partial charge in [-0.2, -0.15) is 0 Å². The molecule has 0 aromatic carbocycles. The van der Waals surface area contributed by atoms with Gasteiger partial charge in [0.25, 0.3) is 0 Å². The molecule has 0 saturated carbocycles. The number of hydrogen-bond donors (Lipinski definition) is 1. The van der Waals surface area contributed by atoms with Crippen molar-refractivity contribution in [2.45, 2.75) is 97.0 Å². The molecule has 0 fully saturated rings. The fourth-order valence-electron chi connectivity index (χ4n) is 3.46. The zero-order valence-corrected chi connectivity index (χ0v) is 26.4. The van der Waals surface area contributed by atoms with E-state index in [2.05, 4.69) is 43.4 Å². The second-order valence-electron chi connectivity index (χ2n) is 10.8. The van der Waals surface area contributed by atoms with Gasteiger partial charge in [-0.3, -0.25) is 18.6 Å². The van der Waals surface area contributed by atoms with E-state index in [-0.39, 0.29) is 19.6 Å². The predicted octanol–water partition coefficient (Wildman–Crippen LogP) is 6.67. The molecule has 2 atom stereocenters. The molecule has 0 saturated heterocycles. The maximum Gasteiger partial charge on any atom is 0.472 e. The quantitative estimate of drug-likeness (QED) is 0.0414. The third-order valence-electron chi connectivity index (χ3n) is 5.74. The molecule has 10 heteroatoms. The van der Waals surface area contributed by atoms with Crippen molar-refractivity contribution in [1.82, 2.24) is 0 Å². The monoisotopic (exact) mass is 588 g/mol. The van der Waals surface area contributed by atoms with Gasteiger partial charge in [-0.25, -0.2) is 4.57 Å². The van der Waals surface area contributed by atoms with Crippen molar-refractivity contribution < 1.29 is 42.1 Å². The molecule has 0 aromatic rings.